The average Bonchev–Trinajstić information content (AvgIpc) is 2.78. The van der Waals surface area contributed by atoms with Gasteiger partial charge in [-0.15, -0.1) is 0 Å². The molecule has 0 bridgehead atoms. The Kier molecular flexibility index (Phi) is 6.74. The Morgan fingerprint density at radius 3 is 1.83 bits per heavy atom. The summed E-state index contributed by atoms with van der Waals surface area (Å²) in [6.07, 6.45) is 6.29. The Balaban J connectivity index is 1.55. The van der Waals surface area contributed by atoms with E-state index in [9.17, 15) is 9.59 Å². The smallest absolute Gasteiger partial charge is 0.336 e. The zero-order valence-electron chi connectivity index (χ0n) is 15.9. The Morgan fingerprint density at radius 1 is 0.690 bits per heavy atom. The molecule has 0 amide bonds. The average molecular weight is 384 g/mol. The topological polar surface area (TPSA) is 52.6 Å². The summed E-state index contributed by atoms with van der Waals surface area (Å²) in [5, 5.41) is 0. The van der Waals surface area contributed by atoms with E-state index in [0.717, 1.165) is 16.9 Å². The molecule has 0 saturated carbocycles. The number of hydrogen-bond donors (Lipinski definition) is 0. The van der Waals surface area contributed by atoms with Gasteiger partial charge >= 0.3 is 5.97 Å². The van der Waals surface area contributed by atoms with Gasteiger partial charge in [0.25, 0.3) is 0 Å². The summed E-state index contributed by atoms with van der Waals surface area (Å²) in [7, 11) is 1.60. The Morgan fingerprint density at radius 2 is 1.24 bits per heavy atom. The second-order valence-corrected chi connectivity index (χ2v) is 6.16. The molecule has 0 radical (unpaired) electrons. The van der Waals surface area contributed by atoms with E-state index in [1.54, 1.807) is 55.7 Å². The predicted octanol–water partition coefficient (Wildman–Crippen LogP) is 5.21. The van der Waals surface area contributed by atoms with Crippen LogP contribution < -0.4 is 9.47 Å². The molecule has 0 aliphatic heterocycles. The van der Waals surface area contributed by atoms with Crippen molar-refractivity contribution in [1.82, 2.24) is 0 Å². The first-order chi connectivity index (χ1) is 14.1. The van der Waals surface area contributed by atoms with Gasteiger partial charge in [-0.3, -0.25) is 4.79 Å². The highest BCUT2D eigenvalue weighted by Gasteiger charge is 2.02. The summed E-state index contributed by atoms with van der Waals surface area (Å²) in [6.45, 7) is 0. The van der Waals surface area contributed by atoms with Crippen molar-refractivity contribution in [2.75, 3.05) is 7.11 Å². The van der Waals surface area contributed by atoms with Gasteiger partial charge in [-0.2, -0.15) is 0 Å². The quantitative estimate of drug-likeness (QED) is 0.243. The number of methoxy groups -OCH3 is 1. The second-order valence-electron chi connectivity index (χ2n) is 6.16. The third-order valence-corrected chi connectivity index (χ3v) is 4.11. The molecule has 0 unspecified atom stereocenters. The lowest BCUT2D eigenvalue weighted by atomic mass is 10.1. The van der Waals surface area contributed by atoms with Crippen molar-refractivity contribution in [1.29, 1.82) is 0 Å². The molecular weight excluding hydrogens is 364 g/mol. The highest BCUT2D eigenvalue weighted by Crippen LogP contribution is 2.15. The molecule has 144 valence electrons. The van der Waals surface area contributed by atoms with Gasteiger partial charge in [0.2, 0.25) is 0 Å². The minimum Gasteiger partial charge on any atom is -0.497 e. The number of carbonyl (C=O) groups is 2. The molecule has 3 aromatic carbocycles. The molecule has 29 heavy (non-hydrogen) atoms. The van der Waals surface area contributed by atoms with Crippen molar-refractivity contribution in [3.63, 3.8) is 0 Å². The minimum atomic E-state index is -0.469. The van der Waals surface area contributed by atoms with Gasteiger partial charge in [-0.25, -0.2) is 4.79 Å². The fourth-order valence-corrected chi connectivity index (χ4v) is 2.55. The van der Waals surface area contributed by atoms with Gasteiger partial charge in [0.15, 0.2) is 5.78 Å². The number of esters is 1. The van der Waals surface area contributed by atoms with E-state index in [0.29, 0.717) is 11.3 Å². The van der Waals surface area contributed by atoms with Gasteiger partial charge in [0, 0.05) is 11.6 Å². The fraction of sp³-hybridized carbons (Fsp3) is 0.0400. The summed E-state index contributed by atoms with van der Waals surface area (Å²) in [5.74, 6) is 0.651. The van der Waals surface area contributed by atoms with Crippen molar-refractivity contribution in [2.45, 2.75) is 0 Å². The number of hydrogen-bond acceptors (Lipinski definition) is 4. The first-order valence-electron chi connectivity index (χ1n) is 9.05. The van der Waals surface area contributed by atoms with Crippen LogP contribution in [0.15, 0.2) is 91.0 Å². The molecule has 4 nitrogen and oxygen atoms in total. The maximum absolute atomic E-state index is 12.1. The molecule has 4 heteroatoms. The number of rotatable bonds is 7. The normalized spacial score (nSPS) is 10.9. The Labute approximate surface area is 169 Å². The second kappa shape index (κ2) is 9.85. The zero-order valence-corrected chi connectivity index (χ0v) is 15.9. The van der Waals surface area contributed by atoms with Crippen LogP contribution in [0, 0.1) is 0 Å². The van der Waals surface area contributed by atoms with Gasteiger partial charge in [0.1, 0.15) is 11.5 Å². The monoisotopic (exact) mass is 384 g/mol. The molecular formula is C25H20O4. The van der Waals surface area contributed by atoms with Crippen LogP contribution in [0.5, 0.6) is 11.5 Å². The van der Waals surface area contributed by atoms with E-state index in [1.165, 1.54) is 12.2 Å². The lowest BCUT2D eigenvalue weighted by Crippen LogP contribution is -2.03. The molecule has 0 fully saturated rings. The van der Waals surface area contributed by atoms with Crippen molar-refractivity contribution in [3.05, 3.63) is 108 Å². The van der Waals surface area contributed by atoms with Crippen LogP contribution in [0.3, 0.4) is 0 Å². The summed E-state index contributed by atoms with van der Waals surface area (Å²) >= 11 is 0. The molecule has 0 aromatic heterocycles. The summed E-state index contributed by atoms with van der Waals surface area (Å²) in [4.78, 5) is 24.1. The van der Waals surface area contributed by atoms with Crippen molar-refractivity contribution in [3.8, 4) is 11.5 Å². The van der Waals surface area contributed by atoms with E-state index in [-0.39, 0.29) is 5.78 Å². The van der Waals surface area contributed by atoms with Gasteiger partial charge < -0.3 is 9.47 Å². The molecule has 0 heterocycles. The van der Waals surface area contributed by atoms with Crippen LogP contribution in [0.1, 0.15) is 21.5 Å². The van der Waals surface area contributed by atoms with E-state index in [2.05, 4.69) is 0 Å². The van der Waals surface area contributed by atoms with Gasteiger partial charge in [-0.1, -0.05) is 60.7 Å². The molecule has 0 aliphatic rings. The van der Waals surface area contributed by atoms with Crippen molar-refractivity contribution >= 4 is 23.9 Å². The predicted molar refractivity (Wildman–Crippen MR) is 114 cm³/mol. The van der Waals surface area contributed by atoms with Crippen molar-refractivity contribution in [2.24, 2.45) is 0 Å². The highest BCUT2D eigenvalue weighted by molar-refractivity contribution is 6.06. The largest absolute Gasteiger partial charge is 0.497 e. The van der Waals surface area contributed by atoms with Crippen LogP contribution >= 0.6 is 0 Å². The lowest BCUT2D eigenvalue weighted by molar-refractivity contribution is -0.128. The van der Waals surface area contributed by atoms with Crippen molar-refractivity contribution < 1.29 is 19.1 Å². The van der Waals surface area contributed by atoms with E-state index in [4.69, 9.17) is 9.47 Å². The molecule has 0 spiro atoms. The minimum absolute atomic E-state index is 0.0650. The SMILES string of the molecule is COc1ccc(/C=C/C(=O)Oc2ccc(C=CC(=O)c3ccccc3)cc2)cc1. The van der Waals surface area contributed by atoms with Crippen LogP contribution in [-0.4, -0.2) is 18.9 Å². The number of allylic oxidation sites excluding steroid dienone is 1. The standard InChI is InChI=1S/C25H20O4/c1-28-22-13-7-20(8-14-22)12-18-25(27)29-23-15-9-19(10-16-23)11-17-24(26)21-5-3-2-4-6-21/h2-18H,1H3/b17-11?,18-12+. The Hall–Kier alpha value is -3.92. The summed E-state index contributed by atoms with van der Waals surface area (Å²) in [5.41, 5.74) is 2.34. The highest BCUT2D eigenvalue weighted by atomic mass is 16.5. The molecule has 3 aromatic rings. The number of benzene rings is 3. The molecule has 3 rings (SSSR count). The van der Waals surface area contributed by atoms with E-state index < -0.39 is 5.97 Å². The third kappa shape index (κ3) is 6.04. The van der Waals surface area contributed by atoms with Crippen LogP contribution in [-0.2, 0) is 4.79 Å². The maximum atomic E-state index is 12.1. The molecule has 0 N–H and O–H groups in total. The zero-order chi connectivity index (χ0) is 20.5. The first kappa shape index (κ1) is 19.8. The number of carbonyl (C=O) groups excluding carboxylic acids is 2. The van der Waals surface area contributed by atoms with Crippen LogP contribution in [0.4, 0.5) is 0 Å². The van der Waals surface area contributed by atoms with Gasteiger partial charge in [-0.05, 0) is 47.5 Å². The van der Waals surface area contributed by atoms with E-state index >= 15 is 0 Å². The van der Waals surface area contributed by atoms with Crippen LogP contribution in [0.25, 0.3) is 12.2 Å². The van der Waals surface area contributed by atoms with Crippen LogP contribution in [0.2, 0.25) is 0 Å². The number of ether oxygens (including phenoxy) is 2. The number of ketones is 1. The molecule has 0 aliphatic carbocycles. The van der Waals surface area contributed by atoms with E-state index in [1.807, 2.05) is 42.5 Å². The summed E-state index contributed by atoms with van der Waals surface area (Å²) in [6, 6.07) is 23.3. The first-order valence-corrected chi connectivity index (χ1v) is 9.05. The Bertz CT molecular complexity index is 1010. The fourth-order valence-electron chi connectivity index (χ4n) is 2.55. The molecule has 0 atom stereocenters. The van der Waals surface area contributed by atoms with Gasteiger partial charge in [0.05, 0.1) is 7.11 Å². The summed E-state index contributed by atoms with van der Waals surface area (Å²) < 4.78 is 10.4. The third-order valence-electron chi connectivity index (χ3n) is 4.11. The lowest BCUT2D eigenvalue weighted by Gasteiger charge is -2.02. The maximum Gasteiger partial charge on any atom is 0.336 e. The molecule has 0 saturated heterocycles.